The fraction of sp³-hybridized carbons (Fsp3) is 0.211. The molecule has 0 fully saturated rings. The monoisotopic (exact) mass is 415 g/mol. The molecule has 3 aromatic rings. The Hall–Kier alpha value is -3.40. The van der Waals surface area contributed by atoms with Crippen LogP contribution in [0.15, 0.2) is 57.8 Å². The summed E-state index contributed by atoms with van der Waals surface area (Å²) in [6.45, 7) is 0.941. The van der Waals surface area contributed by atoms with Crippen LogP contribution in [0.5, 0.6) is 11.5 Å². The molecular weight excluding hydrogens is 398 g/mol. The van der Waals surface area contributed by atoms with Gasteiger partial charge >= 0.3 is 6.01 Å². The van der Waals surface area contributed by atoms with Crippen molar-refractivity contribution in [1.82, 2.24) is 10.2 Å². The number of nitrogens with one attached hydrogen (secondary N) is 1. The van der Waals surface area contributed by atoms with E-state index in [-0.39, 0.29) is 29.0 Å². The van der Waals surface area contributed by atoms with Crippen molar-refractivity contribution in [2.75, 3.05) is 24.3 Å². The summed E-state index contributed by atoms with van der Waals surface area (Å²) >= 11 is 0. The van der Waals surface area contributed by atoms with E-state index in [1.54, 1.807) is 36.4 Å². The molecule has 0 saturated carbocycles. The van der Waals surface area contributed by atoms with Crippen molar-refractivity contribution >= 4 is 21.8 Å². The summed E-state index contributed by atoms with van der Waals surface area (Å²) in [5, 5.41) is 10.1. The summed E-state index contributed by atoms with van der Waals surface area (Å²) in [7, 11) is -3.55. The number of hydrogen-bond acceptors (Lipinski definition) is 8. The van der Waals surface area contributed by atoms with Gasteiger partial charge in [0.25, 0.3) is 0 Å². The second kappa shape index (κ2) is 7.92. The maximum absolute atomic E-state index is 12.2. The van der Waals surface area contributed by atoms with Crippen molar-refractivity contribution in [2.45, 2.75) is 11.3 Å². The zero-order chi connectivity index (χ0) is 20.3. The third-order valence-corrected chi connectivity index (χ3v) is 5.89. The number of nitrogens with zero attached hydrogens (tertiary/aromatic N) is 2. The lowest BCUT2D eigenvalue weighted by molar-refractivity contribution is -0.115. The number of rotatable bonds is 6. The topological polar surface area (TPSA) is 121 Å². The van der Waals surface area contributed by atoms with E-state index in [4.69, 9.17) is 13.9 Å². The maximum atomic E-state index is 12.2. The zero-order valence-corrected chi connectivity index (χ0v) is 16.0. The summed E-state index contributed by atoms with van der Waals surface area (Å²) < 4.78 is 40.9. The number of carbonyl (C=O) groups excluding carboxylic acids is 1. The summed E-state index contributed by atoms with van der Waals surface area (Å²) in [5.74, 6) is 0.527. The molecule has 0 aliphatic carbocycles. The Morgan fingerprint density at radius 1 is 1.00 bits per heavy atom. The van der Waals surface area contributed by atoms with Crippen molar-refractivity contribution in [3.05, 3.63) is 48.5 Å². The highest BCUT2D eigenvalue weighted by Crippen LogP contribution is 2.34. The molecule has 0 unspecified atom stereocenters. The number of aromatic nitrogens is 2. The third-order valence-electron chi connectivity index (χ3n) is 4.16. The second-order valence-corrected chi connectivity index (χ2v) is 8.31. The van der Waals surface area contributed by atoms with Gasteiger partial charge in [-0.05, 0) is 30.3 Å². The van der Waals surface area contributed by atoms with Crippen LogP contribution in [0.4, 0.5) is 6.01 Å². The zero-order valence-electron chi connectivity index (χ0n) is 15.2. The highest BCUT2D eigenvalue weighted by atomic mass is 32.2. The highest BCUT2D eigenvalue weighted by molar-refractivity contribution is 7.91. The highest BCUT2D eigenvalue weighted by Gasteiger charge is 2.19. The molecule has 0 spiro atoms. The average molecular weight is 415 g/mol. The standard InChI is InChI=1S/C19H17N3O6S/c23-17(8-11-29(24,25)14-4-2-1-3-5-14)20-19-22-21-18(28-19)13-6-7-15-16(12-13)27-10-9-26-15/h1-7,12H,8-11H2,(H,20,22,23). The molecule has 0 bridgehead atoms. The van der Waals surface area contributed by atoms with Gasteiger partial charge in [0.1, 0.15) is 13.2 Å². The van der Waals surface area contributed by atoms with Gasteiger partial charge in [0.15, 0.2) is 21.3 Å². The summed E-state index contributed by atoms with van der Waals surface area (Å²) in [6.07, 6.45) is -0.237. The van der Waals surface area contributed by atoms with Gasteiger partial charge in [-0.15, -0.1) is 5.10 Å². The molecule has 9 nitrogen and oxygen atoms in total. The first-order chi connectivity index (χ1) is 14.0. The van der Waals surface area contributed by atoms with Gasteiger partial charge in [-0.3, -0.25) is 10.1 Å². The number of fused-ring (bicyclic) bond motifs is 1. The lowest BCUT2D eigenvalue weighted by Crippen LogP contribution is -2.17. The summed E-state index contributed by atoms with van der Waals surface area (Å²) in [4.78, 5) is 12.3. The van der Waals surface area contributed by atoms with E-state index in [9.17, 15) is 13.2 Å². The molecule has 29 heavy (non-hydrogen) atoms. The van der Waals surface area contributed by atoms with Crippen LogP contribution in [-0.2, 0) is 14.6 Å². The van der Waals surface area contributed by atoms with Gasteiger partial charge in [-0.25, -0.2) is 8.42 Å². The molecule has 0 saturated heterocycles. The Kier molecular flexibility index (Phi) is 5.17. The van der Waals surface area contributed by atoms with Crippen molar-refractivity contribution in [2.24, 2.45) is 0 Å². The number of amides is 1. The quantitative estimate of drug-likeness (QED) is 0.651. The SMILES string of the molecule is O=C(CCS(=O)(=O)c1ccccc1)Nc1nnc(-c2ccc3c(c2)OCCO3)o1. The molecule has 10 heteroatoms. The minimum Gasteiger partial charge on any atom is -0.486 e. The number of anilines is 1. The minimum atomic E-state index is -3.55. The molecule has 1 aliphatic rings. The predicted molar refractivity (Wildman–Crippen MR) is 102 cm³/mol. The van der Waals surface area contributed by atoms with Gasteiger partial charge in [-0.2, -0.15) is 0 Å². The largest absolute Gasteiger partial charge is 0.486 e. The summed E-state index contributed by atoms with van der Waals surface area (Å²) in [5.41, 5.74) is 0.605. The van der Waals surface area contributed by atoms with Gasteiger partial charge in [0, 0.05) is 12.0 Å². The molecule has 1 aliphatic heterocycles. The number of ether oxygens (including phenoxy) is 2. The normalized spacial score (nSPS) is 13.1. The van der Waals surface area contributed by atoms with E-state index < -0.39 is 15.7 Å². The van der Waals surface area contributed by atoms with Crippen molar-refractivity contribution < 1.29 is 27.1 Å². The van der Waals surface area contributed by atoms with E-state index in [0.29, 0.717) is 30.3 Å². The lowest BCUT2D eigenvalue weighted by atomic mass is 10.2. The molecular formula is C19H17N3O6S. The Morgan fingerprint density at radius 2 is 1.76 bits per heavy atom. The molecule has 2 aromatic carbocycles. The van der Waals surface area contributed by atoms with Crippen LogP contribution in [0.25, 0.3) is 11.5 Å². The van der Waals surface area contributed by atoms with E-state index in [1.807, 2.05) is 0 Å². The first-order valence-electron chi connectivity index (χ1n) is 8.82. The van der Waals surface area contributed by atoms with Crippen LogP contribution in [0.3, 0.4) is 0 Å². The summed E-state index contributed by atoms with van der Waals surface area (Å²) in [6, 6.07) is 13.0. The van der Waals surface area contributed by atoms with E-state index in [2.05, 4.69) is 15.5 Å². The maximum Gasteiger partial charge on any atom is 0.322 e. The molecule has 1 N–H and O–H groups in total. The first-order valence-corrected chi connectivity index (χ1v) is 10.5. The lowest BCUT2D eigenvalue weighted by Gasteiger charge is -2.18. The number of carbonyl (C=O) groups is 1. The van der Waals surface area contributed by atoms with Gasteiger partial charge < -0.3 is 13.9 Å². The minimum absolute atomic E-state index is 0.114. The van der Waals surface area contributed by atoms with Crippen LogP contribution in [0.2, 0.25) is 0 Å². The Labute approximate surface area is 166 Å². The van der Waals surface area contributed by atoms with Crippen LogP contribution >= 0.6 is 0 Å². The smallest absolute Gasteiger partial charge is 0.322 e. The Morgan fingerprint density at radius 3 is 2.55 bits per heavy atom. The molecule has 4 rings (SSSR count). The molecule has 1 aromatic heterocycles. The van der Waals surface area contributed by atoms with Crippen molar-refractivity contribution in [3.8, 4) is 23.0 Å². The van der Waals surface area contributed by atoms with E-state index in [1.165, 1.54) is 12.1 Å². The Bertz CT molecular complexity index is 1130. The number of hydrogen-bond donors (Lipinski definition) is 1. The fourth-order valence-electron chi connectivity index (χ4n) is 2.72. The molecule has 150 valence electrons. The van der Waals surface area contributed by atoms with Crippen LogP contribution in [0, 0.1) is 0 Å². The van der Waals surface area contributed by atoms with Crippen LogP contribution in [0.1, 0.15) is 6.42 Å². The van der Waals surface area contributed by atoms with E-state index in [0.717, 1.165) is 0 Å². The van der Waals surface area contributed by atoms with Crippen LogP contribution in [-0.4, -0.2) is 43.5 Å². The van der Waals surface area contributed by atoms with Crippen molar-refractivity contribution in [3.63, 3.8) is 0 Å². The second-order valence-electron chi connectivity index (χ2n) is 6.20. The van der Waals surface area contributed by atoms with Crippen LogP contribution < -0.4 is 14.8 Å². The van der Waals surface area contributed by atoms with Gasteiger partial charge in [0.05, 0.1) is 10.6 Å². The average Bonchev–Trinajstić information content (AvgIpc) is 3.21. The third kappa shape index (κ3) is 4.37. The fourth-order valence-corrected chi connectivity index (χ4v) is 3.98. The molecule has 0 atom stereocenters. The van der Waals surface area contributed by atoms with Gasteiger partial charge in [0.2, 0.25) is 11.8 Å². The first kappa shape index (κ1) is 18.9. The number of benzene rings is 2. The van der Waals surface area contributed by atoms with E-state index >= 15 is 0 Å². The molecule has 1 amide bonds. The van der Waals surface area contributed by atoms with Gasteiger partial charge in [-0.1, -0.05) is 23.3 Å². The Balaban J connectivity index is 1.38. The predicted octanol–water partition coefficient (Wildman–Crippen LogP) is 2.31. The van der Waals surface area contributed by atoms with Crippen molar-refractivity contribution in [1.29, 1.82) is 0 Å². The number of sulfone groups is 1. The molecule has 0 radical (unpaired) electrons. The molecule has 2 heterocycles.